The van der Waals surface area contributed by atoms with E-state index in [0.717, 1.165) is 11.1 Å². The molecule has 3 aromatic carbocycles. The van der Waals surface area contributed by atoms with E-state index in [1.54, 1.807) is 41.3 Å². The lowest BCUT2D eigenvalue weighted by atomic mass is 9.84. The van der Waals surface area contributed by atoms with Crippen LogP contribution in [0.2, 0.25) is 0 Å². The van der Waals surface area contributed by atoms with Gasteiger partial charge >= 0.3 is 0 Å². The minimum atomic E-state index is -1.71. The number of rotatable bonds is 4. The van der Waals surface area contributed by atoms with Crippen LogP contribution in [0.25, 0.3) is 11.0 Å². The second-order valence-corrected chi connectivity index (χ2v) is 8.86. The number of aliphatic hydroxyl groups is 1. The summed E-state index contributed by atoms with van der Waals surface area (Å²) in [7, 11) is 0. The molecule has 4 aromatic rings. The summed E-state index contributed by atoms with van der Waals surface area (Å²) in [6, 6.07) is 21.7. The first-order valence-corrected chi connectivity index (χ1v) is 11.4. The molecule has 1 spiro atoms. The molecule has 0 fully saturated rings. The van der Waals surface area contributed by atoms with E-state index < -0.39 is 22.8 Å². The van der Waals surface area contributed by atoms with Crippen LogP contribution in [-0.2, 0) is 16.9 Å². The number of anilines is 1. The van der Waals surface area contributed by atoms with Gasteiger partial charge in [-0.15, -0.1) is 0 Å². The SMILES string of the molecule is Cc1ccccc1CN1C(=O)C2(c3ccccc31)c1c(oc3ccccc3c1=O)C(=O)N2CCO. The van der Waals surface area contributed by atoms with Crippen LogP contribution in [0, 0.1) is 6.92 Å². The second-order valence-electron chi connectivity index (χ2n) is 8.86. The molecular formula is C28H22N2O5. The van der Waals surface area contributed by atoms with Gasteiger partial charge in [-0.2, -0.15) is 0 Å². The van der Waals surface area contributed by atoms with Gasteiger partial charge in [0.15, 0.2) is 11.0 Å². The fourth-order valence-corrected chi connectivity index (χ4v) is 5.45. The molecule has 1 N–H and O–H groups in total. The molecule has 1 unspecified atom stereocenters. The number of fused-ring (bicyclic) bond motifs is 5. The number of hydrogen-bond acceptors (Lipinski definition) is 5. The topological polar surface area (TPSA) is 91.1 Å². The van der Waals surface area contributed by atoms with Gasteiger partial charge in [0.05, 0.1) is 29.8 Å². The van der Waals surface area contributed by atoms with Crippen molar-refractivity contribution in [3.05, 3.63) is 111 Å². The van der Waals surface area contributed by atoms with Crippen molar-refractivity contribution in [2.24, 2.45) is 0 Å². The highest BCUT2D eigenvalue weighted by Gasteiger charge is 2.64. The minimum Gasteiger partial charge on any atom is -0.450 e. The predicted molar refractivity (Wildman–Crippen MR) is 130 cm³/mol. The molecule has 35 heavy (non-hydrogen) atoms. The van der Waals surface area contributed by atoms with Crippen LogP contribution in [0.5, 0.6) is 0 Å². The Morgan fingerprint density at radius 1 is 0.914 bits per heavy atom. The Kier molecular flexibility index (Phi) is 4.66. The molecule has 7 nitrogen and oxygen atoms in total. The standard InChI is InChI=1S/C28H22N2O5/c1-17-8-2-3-9-18(17)16-29-21-12-6-5-11-20(21)28(27(29)34)23-24(32)19-10-4-7-13-22(19)35-25(23)26(33)30(28)14-15-31/h2-13,31H,14-16H2,1H3. The molecule has 0 radical (unpaired) electrons. The van der Waals surface area contributed by atoms with Crippen molar-refractivity contribution in [1.29, 1.82) is 0 Å². The number of carbonyl (C=O) groups excluding carboxylic acids is 2. The van der Waals surface area contributed by atoms with Crippen LogP contribution in [0.4, 0.5) is 5.69 Å². The Bertz CT molecular complexity index is 1590. The average molecular weight is 466 g/mol. The molecule has 2 aliphatic rings. The fraction of sp³-hybridized carbons (Fsp3) is 0.179. The average Bonchev–Trinajstić information content (AvgIpc) is 3.26. The first kappa shape index (κ1) is 21.3. The number of para-hydroxylation sites is 2. The Morgan fingerprint density at radius 3 is 2.43 bits per heavy atom. The van der Waals surface area contributed by atoms with Gasteiger partial charge in [-0.1, -0.05) is 54.6 Å². The molecule has 174 valence electrons. The zero-order valence-electron chi connectivity index (χ0n) is 19.0. The van der Waals surface area contributed by atoms with Crippen molar-refractivity contribution in [3.63, 3.8) is 0 Å². The number of nitrogens with zero attached hydrogens (tertiary/aromatic N) is 2. The predicted octanol–water partition coefficient (Wildman–Crippen LogP) is 3.34. The monoisotopic (exact) mass is 466 g/mol. The van der Waals surface area contributed by atoms with Gasteiger partial charge in [-0.25, -0.2) is 0 Å². The number of β-amino-alcohol motifs (C(OH)–C–C–N with tert-alkyl or cyclic N) is 1. The third-order valence-corrected chi connectivity index (χ3v) is 7.06. The van der Waals surface area contributed by atoms with E-state index in [1.165, 1.54) is 4.90 Å². The van der Waals surface area contributed by atoms with E-state index in [9.17, 15) is 19.5 Å². The molecule has 0 bridgehead atoms. The van der Waals surface area contributed by atoms with Gasteiger partial charge in [0.25, 0.3) is 11.8 Å². The van der Waals surface area contributed by atoms with E-state index in [1.807, 2.05) is 43.3 Å². The lowest BCUT2D eigenvalue weighted by molar-refractivity contribution is -0.126. The second kappa shape index (κ2) is 7.65. The van der Waals surface area contributed by atoms with Crippen LogP contribution >= 0.6 is 0 Å². The summed E-state index contributed by atoms with van der Waals surface area (Å²) in [5.74, 6) is -1.15. The summed E-state index contributed by atoms with van der Waals surface area (Å²) in [5, 5.41) is 10.2. The number of benzene rings is 3. The summed E-state index contributed by atoms with van der Waals surface area (Å²) >= 11 is 0. The molecule has 1 aromatic heterocycles. The van der Waals surface area contributed by atoms with Gasteiger partial charge in [0.1, 0.15) is 5.58 Å². The Morgan fingerprint density at radius 2 is 1.63 bits per heavy atom. The van der Waals surface area contributed by atoms with Gasteiger partial charge in [-0.05, 0) is 36.2 Å². The van der Waals surface area contributed by atoms with Crippen molar-refractivity contribution >= 4 is 28.5 Å². The molecule has 0 saturated heterocycles. The first-order valence-electron chi connectivity index (χ1n) is 11.4. The summed E-state index contributed by atoms with van der Waals surface area (Å²) in [6.45, 7) is 1.75. The van der Waals surface area contributed by atoms with Crippen molar-refractivity contribution in [2.45, 2.75) is 19.0 Å². The molecule has 7 heteroatoms. The Balaban J connectivity index is 1.66. The highest BCUT2D eigenvalue weighted by molar-refractivity contribution is 6.17. The number of carbonyl (C=O) groups is 2. The largest absolute Gasteiger partial charge is 0.450 e. The molecule has 1 atom stereocenters. The van der Waals surface area contributed by atoms with E-state index in [0.29, 0.717) is 16.6 Å². The van der Waals surface area contributed by atoms with Crippen molar-refractivity contribution in [1.82, 2.24) is 4.90 Å². The number of hydrogen-bond donors (Lipinski definition) is 1. The molecular weight excluding hydrogens is 444 g/mol. The maximum absolute atomic E-state index is 14.5. The highest BCUT2D eigenvalue weighted by atomic mass is 16.3. The highest BCUT2D eigenvalue weighted by Crippen LogP contribution is 2.52. The van der Waals surface area contributed by atoms with Crippen LogP contribution in [0.15, 0.2) is 82.0 Å². The zero-order valence-corrected chi connectivity index (χ0v) is 19.0. The summed E-state index contributed by atoms with van der Waals surface area (Å²) in [5.41, 5.74) is 1.30. The normalized spacial score (nSPS) is 18.6. The zero-order chi connectivity index (χ0) is 24.3. The van der Waals surface area contributed by atoms with Gasteiger partial charge in [-0.3, -0.25) is 14.4 Å². The number of aryl methyl sites for hydroxylation is 1. The minimum absolute atomic E-state index is 0.0133. The molecule has 0 aliphatic carbocycles. The van der Waals surface area contributed by atoms with Crippen molar-refractivity contribution in [2.75, 3.05) is 18.1 Å². The number of aliphatic hydroxyl groups excluding tert-OH is 1. The first-order chi connectivity index (χ1) is 17.0. The maximum atomic E-state index is 14.5. The van der Waals surface area contributed by atoms with E-state index in [2.05, 4.69) is 0 Å². The van der Waals surface area contributed by atoms with Crippen LogP contribution in [0.1, 0.15) is 32.8 Å². The summed E-state index contributed by atoms with van der Waals surface area (Å²) in [6.07, 6.45) is 0. The molecule has 0 saturated carbocycles. The van der Waals surface area contributed by atoms with Crippen LogP contribution in [-0.4, -0.2) is 35.0 Å². The number of amides is 2. The smallest absolute Gasteiger partial charge is 0.291 e. The maximum Gasteiger partial charge on any atom is 0.291 e. The van der Waals surface area contributed by atoms with Crippen LogP contribution in [0.3, 0.4) is 0 Å². The van der Waals surface area contributed by atoms with E-state index in [-0.39, 0.29) is 36.6 Å². The third-order valence-electron chi connectivity index (χ3n) is 7.06. The summed E-state index contributed by atoms with van der Waals surface area (Å²) in [4.78, 5) is 44.9. The molecule has 3 heterocycles. The fourth-order valence-electron chi connectivity index (χ4n) is 5.45. The molecule has 2 amide bonds. The Hall–Kier alpha value is -4.23. The summed E-state index contributed by atoms with van der Waals surface area (Å²) < 4.78 is 5.95. The van der Waals surface area contributed by atoms with Gasteiger partial charge < -0.3 is 19.3 Å². The van der Waals surface area contributed by atoms with Crippen molar-refractivity contribution in [3.8, 4) is 0 Å². The third kappa shape index (κ3) is 2.73. The lowest BCUT2D eigenvalue weighted by Crippen LogP contribution is -2.54. The molecule has 6 rings (SSSR count). The van der Waals surface area contributed by atoms with Gasteiger partial charge in [0.2, 0.25) is 5.76 Å². The molecule has 2 aliphatic heterocycles. The quantitative estimate of drug-likeness (QED) is 0.498. The van der Waals surface area contributed by atoms with E-state index in [4.69, 9.17) is 4.42 Å². The van der Waals surface area contributed by atoms with Crippen LogP contribution < -0.4 is 10.3 Å². The van der Waals surface area contributed by atoms with Gasteiger partial charge in [0, 0.05) is 12.1 Å². The lowest BCUT2D eigenvalue weighted by Gasteiger charge is -2.33. The Labute approximate surface area is 200 Å². The van der Waals surface area contributed by atoms with Crippen molar-refractivity contribution < 1.29 is 19.1 Å². The van der Waals surface area contributed by atoms with E-state index >= 15 is 0 Å².